The third-order valence-corrected chi connectivity index (χ3v) is 4.22. The lowest BCUT2D eigenvalue weighted by Gasteiger charge is -2.37. The van der Waals surface area contributed by atoms with E-state index in [0.29, 0.717) is 12.0 Å². The average molecular weight is 277 g/mol. The van der Waals surface area contributed by atoms with Gasteiger partial charge in [0.25, 0.3) is 0 Å². The fraction of sp³-hybridized carbons (Fsp3) is 0.647. The second-order valence-corrected chi connectivity index (χ2v) is 6.48. The lowest BCUT2D eigenvalue weighted by molar-refractivity contribution is 0.0703. The van der Waals surface area contributed by atoms with Crippen LogP contribution in [0.3, 0.4) is 0 Å². The molecule has 1 aromatic carbocycles. The van der Waals surface area contributed by atoms with Crippen molar-refractivity contribution in [2.75, 3.05) is 26.2 Å². The Bertz CT molecular complexity index is 404. The molecule has 3 nitrogen and oxygen atoms in total. The Morgan fingerprint density at radius 3 is 2.35 bits per heavy atom. The molecule has 0 spiro atoms. The molecule has 1 aliphatic heterocycles. The summed E-state index contributed by atoms with van der Waals surface area (Å²) < 4.78 is 5.42. The van der Waals surface area contributed by atoms with E-state index in [-0.39, 0.29) is 0 Å². The van der Waals surface area contributed by atoms with Gasteiger partial charge in [-0.2, -0.15) is 0 Å². The monoisotopic (exact) mass is 277 g/mol. The van der Waals surface area contributed by atoms with Crippen LogP contribution in [-0.4, -0.2) is 36.2 Å². The zero-order valence-electron chi connectivity index (χ0n) is 12.9. The number of nitrogens with zero attached hydrogens (tertiary/aromatic N) is 1. The number of β-amino-alcohol motifs (C(OH)–C–C–N with tert-alkyl or cyclic N) is 1. The third kappa shape index (κ3) is 4.22. The smallest absolute Gasteiger partial charge is 0.119 e. The Morgan fingerprint density at radius 1 is 1.20 bits per heavy atom. The molecule has 0 radical (unpaired) electrons. The maximum Gasteiger partial charge on any atom is 0.119 e. The summed E-state index contributed by atoms with van der Waals surface area (Å²) in [6.07, 6.45) is 2.01. The number of benzene rings is 1. The van der Waals surface area contributed by atoms with E-state index < -0.39 is 6.10 Å². The number of piperidine rings is 1. The topological polar surface area (TPSA) is 32.7 Å². The molecule has 1 unspecified atom stereocenters. The van der Waals surface area contributed by atoms with Crippen molar-refractivity contribution in [2.45, 2.75) is 39.7 Å². The van der Waals surface area contributed by atoms with E-state index in [4.69, 9.17) is 4.74 Å². The Labute approximate surface area is 122 Å². The fourth-order valence-electron chi connectivity index (χ4n) is 2.64. The summed E-state index contributed by atoms with van der Waals surface area (Å²) in [4.78, 5) is 2.37. The minimum absolute atomic E-state index is 0.410. The van der Waals surface area contributed by atoms with Crippen LogP contribution < -0.4 is 4.74 Å². The highest BCUT2D eigenvalue weighted by molar-refractivity contribution is 5.28. The van der Waals surface area contributed by atoms with Crippen molar-refractivity contribution >= 4 is 0 Å². The van der Waals surface area contributed by atoms with Crippen molar-refractivity contribution in [3.05, 3.63) is 29.8 Å². The lowest BCUT2D eigenvalue weighted by Crippen LogP contribution is -2.39. The second-order valence-electron chi connectivity index (χ2n) is 6.48. The minimum Gasteiger partial charge on any atom is -0.494 e. The Hall–Kier alpha value is -1.06. The highest BCUT2D eigenvalue weighted by atomic mass is 16.5. The van der Waals surface area contributed by atoms with Crippen molar-refractivity contribution in [3.63, 3.8) is 0 Å². The van der Waals surface area contributed by atoms with E-state index in [1.807, 2.05) is 31.2 Å². The predicted octanol–water partition coefficient (Wildman–Crippen LogP) is 3.24. The Balaban J connectivity index is 1.87. The zero-order chi connectivity index (χ0) is 14.6. The highest BCUT2D eigenvalue weighted by Gasteiger charge is 2.26. The van der Waals surface area contributed by atoms with Gasteiger partial charge in [-0.1, -0.05) is 26.0 Å². The summed E-state index contributed by atoms with van der Waals surface area (Å²) in [7, 11) is 0. The summed E-state index contributed by atoms with van der Waals surface area (Å²) in [5.41, 5.74) is 1.43. The summed E-state index contributed by atoms with van der Waals surface area (Å²) in [6.45, 7) is 10.2. The molecule has 1 fully saturated rings. The first-order valence-electron chi connectivity index (χ1n) is 7.63. The first-order chi connectivity index (χ1) is 9.50. The average Bonchev–Trinajstić information content (AvgIpc) is 2.42. The normalized spacial score (nSPS) is 20.6. The van der Waals surface area contributed by atoms with Crippen molar-refractivity contribution < 1.29 is 9.84 Å². The molecular weight excluding hydrogens is 250 g/mol. The molecular formula is C17H27NO2. The van der Waals surface area contributed by atoms with Gasteiger partial charge in [-0.25, -0.2) is 0 Å². The van der Waals surface area contributed by atoms with Gasteiger partial charge in [-0.15, -0.1) is 0 Å². The summed E-state index contributed by atoms with van der Waals surface area (Å²) in [5.74, 6) is 0.864. The fourth-order valence-corrected chi connectivity index (χ4v) is 2.64. The maximum atomic E-state index is 10.3. The molecule has 3 heteroatoms. The van der Waals surface area contributed by atoms with Crippen LogP contribution in [0.15, 0.2) is 24.3 Å². The van der Waals surface area contributed by atoms with Crippen LogP contribution >= 0.6 is 0 Å². The quantitative estimate of drug-likeness (QED) is 0.897. The molecule has 0 bridgehead atoms. The van der Waals surface area contributed by atoms with Crippen molar-refractivity contribution in [1.29, 1.82) is 0 Å². The molecule has 1 N–H and O–H groups in total. The van der Waals surface area contributed by atoms with Crippen molar-refractivity contribution in [2.24, 2.45) is 5.41 Å². The van der Waals surface area contributed by atoms with Gasteiger partial charge >= 0.3 is 0 Å². The van der Waals surface area contributed by atoms with Gasteiger partial charge in [0, 0.05) is 6.54 Å². The number of ether oxygens (including phenoxy) is 1. The molecule has 1 heterocycles. The largest absolute Gasteiger partial charge is 0.494 e. The highest BCUT2D eigenvalue weighted by Crippen LogP contribution is 2.30. The van der Waals surface area contributed by atoms with Gasteiger partial charge in [0.2, 0.25) is 0 Å². The lowest BCUT2D eigenvalue weighted by atomic mass is 9.82. The third-order valence-electron chi connectivity index (χ3n) is 4.22. The van der Waals surface area contributed by atoms with Crippen LogP contribution in [-0.2, 0) is 0 Å². The van der Waals surface area contributed by atoms with Crippen LogP contribution in [0.5, 0.6) is 5.75 Å². The number of aliphatic hydroxyl groups excluding tert-OH is 1. The Kier molecular flexibility index (Phi) is 5.06. The first kappa shape index (κ1) is 15.3. The van der Waals surface area contributed by atoms with Gasteiger partial charge in [0.1, 0.15) is 5.75 Å². The van der Waals surface area contributed by atoms with Crippen molar-refractivity contribution in [3.8, 4) is 5.75 Å². The predicted molar refractivity (Wildman–Crippen MR) is 82.0 cm³/mol. The molecule has 0 amide bonds. The standard InChI is InChI=1S/C17H27NO2/c1-4-20-15-7-5-14(6-8-15)16(19)13-18-11-9-17(2,3)10-12-18/h5-8,16,19H,4,9-13H2,1-3H3. The molecule has 20 heavy (non-hydrogen) atoms. The molecule has 1 aliphatic rings. The molecule has 112 valence electrons. The minimum atomic E-state index is -0.410. The molecule has 1 aromatic rings. The maximum absolute atomic E-state index is 10.3. The van der Waals surface area contributed by atoms with Gasteiger partial charge < -0.3 is 14.7 Å². The first-order valence-corrected chi connectivity index (χ1v) is 7.63. The van der Waals surface area contributed by atoms with Gasteiger partial charge in [0.15, 0.2) is 0 Å². The second kappa shape index (κ2) is 6.59. The van der Waals surface area contributed by atoms with E-state index in [0.717, 1.165) is 30.9 Å². The molecule has 0 aliphatic carbocycles. The van der Waals surface area contributed by atoms with Gasteiger partial charge in [-0.05, 0) is 56.0 Å². The SMILES string of the molecule is CCOc1ccc(C(O)CN2CCC(C)(C)CC2)cc1. The summed E-state index contributed by atoms with van der Waals surface area (Å²) in [5, 5.41) is 10.3. The zero-order valence-corrected chi connectivity index (χ0v) is 12.9. The van der Waals surface area contributed by atoms with Crippen LogP contribution in [0.1, 0.15) is 45.3 Å². The van der Waals surface area contributed by atoms with Crippen molar-refractivity contribution in [1.82, 2.24) is 4.90 Å². The van der Waals surface area contributed by atoms with Gasteiger partial charge in [-0.3, -0.25) is 0 Å². The number of aliphatic hydroxyl groups is 1. The van der Waals surface area contributed by atoms with E-state index in [1.165, 1.54) is 12.8 Å². The van der Waals surface area contributed by atoms with Gasteiger partial charge in [0.05, 0.1) is 12.7 Å². The van der Waals surface area contributed by atoms with E-state index in [2.05, 4.69) is 18.7 Å². The molecule has 0 saturated carbocycles. The number of likely N-dealkylation sites (tertiary alicyclic amines) is 1. The number of hydrogen-bond acceptors (Lipinski definition) is 3. The summed E-state index contributed by atoms with van der Waals surface area (Å²) in [6, 6.07) is 7.79. The molecule has 1 saturated heterocycles. The van der Waals surface area contributed by atoms with Crippen LogP contribution in [0.4, 0.5) is 0 Å². The number of rotatable bonds is 5. The molecule has 2 rings (SSSR count). The number of hydrogen-bond donors (Lipinski definition) is 1. The van der Waals surface area contributed by atoms with Crippen LogP contribution in [0.25, 0.3) is 0 Å². The van der Waals surface area contributed by atoms with Crippen LogP contribution in [0.2, 0.25) is 0 Å². The molecule has 0 aromatic heterocycles. The van der Waals surface area contributed by atoms with Crippen LogP contribution in [0, 0.1) is 5.41 Å². The van der Waals surface area contributed by atoms with E-state index >= 15 is 0 Å². The molecule has 1 atom stereocenters. The summed E-state index contributed by atoms with van der Waals surface area (Å²) >= 11 is 0. The van der Waals surface area contributed by atoms with E-state index in [9.17, 15) is 5.11 Å². The Morgan fingerprint density at radius 2 is 1.80 bits per heavy atom. The van der Waals surface area contributed by atoms with E-state index in [1.54, 1.807) is 0 Å².